The normalized spacial score (nSPS) is 15.6. The Morgan fingerprint density at radius 3 is 2.24 bits per heavy atom. The third-order valence-corrected chi connectivity index (χ3v) is 7.56. The van der Waals surface area contributed by atoms with Gasteiger partial charge in [0.25, 0.3) is 0 Å². The summed E-state index contributed by atoms with van der Waals surface area (Å²) in [6.07, 6.45) is 3.97. The average Bonchev–Trinajstić information content (AvgIpc) is 3.53. The van der Waals surface area contributed by atoms with Crippen molar-refractivity contribution in [1.29, 1.82) is 0 Å². The highest BCUT2D eigenvalue weighted by Gasteiger charge is 2.30. The van der Waals surface area contributed by atoms with E-state index >= 15 is 0 Å². The quantitative estimate of drug-likeness (QED) is 0.339. The van der Waals surface area contributed by atoms with Crippen LogP contribution in [0.25, 0.3) is 11.1 Å². The van der Waals surface area contributed by atoms with Crippen LogP contribution < -0.4 is 10.1 Å². The molecule has 37 heavy (non-hydrogen) atoms. The number of amides is 1. The number of carboxylic acid groups (broad SMARTS) is 1. The Bertz CT molecular complexity index is 1240. The number of benzene rings is 3. The van der Waals surface area contributed by atoms with E-state index in [9.17, 15) is 14.7 Å². The van der Waals surface area contributed by atoms with Gasteiger partial charge in [-0.1, -0.05) is 73.0 Å². The molecule has 0 heterocycles. The van der Waals surface area contributed by atoms with Crippen LogP contribution in [0.4, 0.5) is 4.79 Å². The smallest absolute Gasteiger partial charge is 0.407 e. The van der Waals surface area contributed by atoms with E-state index in [1.54, 1.807) is 18.2 Å². The summed E-state index contributed by atoms with van der Waals surface area (Å²) in [6.45, 7) is 0.700. The molecule has 2 N–H and O–H groups in total. The molecule has 0 saturated heterocycles. The maximum absolute atomic E-state index is 12.7. The Kier molecular flexibility index (Phi) is 7.65. The molecule has 0 spiro atoms. The average molecular weight is 520 g/mol. The van der Waals surface area contributed by atoms with E-state index in [0.29, 0.717) is 28.9 Å². The van der Waals surface area contributed by atoms with Crippen LogP contribution in [-0.2, 0) is 16.0 Å². The maximum Gasteiger partial charge on any atom is 0.407 e. The zero-order chi connectivity index (χ0) is 25.8. The molecule has 192 valence electrons. The second kappa shape index (κ2) is 11.3. The fraction of sp³-hybridized carbons (Fsp3) is 0.333. The lowest BCUT2D eigenvalue weighted by Gasteiger charge is -2.19. The van der Waals surface area contributed by atoms with Crippen molar-refractivity contribution in [2.45, 2.75) is 44.1 Å². The molecule has 0 unspecified atom stereocenters. The highest BCUT2D eigenvalue weighted by Crippen LogP contribution is 2.44. The highest BCUT2D eigenvalue weighted by molar-refractivity contribution is 6.30. The Morgan fingerprint density at radius 2 is 1.59 bits per heavy atom. The number of carbonyl (C=O) groups is 2. The molecule has 0 aliphatic heterocycles. The van der Waals surface area contributed by atoms with Crippen molar-refractivity contribution in [3.8, 4) is 16.9 Å². The van der Waals surface area contributed by atoms with E-state index in [-0.39, 0.29) is 18.9 Å². The van der Waals surface area contributed by atoms with Crippen molar-refractivity contribution < 1.29 is 24.2 Å². The molecule has 2 aliphatic rings. The molecule has 2 aliphatic carbocycles. The number of ether oxygens (including phenoxy) is 2. The van der Waals surface area contributed by atoms with Crippen LogP contribution >= 0.6 is 11.6 Å². The van der Waals surface area contributed by atoms with Gasteiger partial charge in [-0.3, -0.25) is 0 Å². The predicted octanol–water partition coefficient (Wildman–Crippen LogP) is 6.44. The maximum atomic E-state index is 12.7. The molecule has 5 rings (SSSR count). The van der Waals surface area contributed by atoms with Crippen LogP contribution in [0.5, 0.6) is 5.75 Å². The van der Waals surface area contributed by atoms with Crippen LogP contribution in [0.1, 0.15) is 48.3 Å². The number of halogens is 1. The molecule has 0 radical (unpaired) electrons. The van der Waals surface area contributed by atoms with Gasteiger partial charge in [0.15, 0.2) is 0 Å². The largest absolute Gasteiger partial charge is 0.493 e. The van der Waals surface area contributed by atoms with E-state index < -0.39 is 18.1 Å². The summed E-state index contributed by atoms with van der Waals surface area (Å²) in [5, 5.41) is 12.8. The summed E-state index contributed by atoms with van der Waals surface area (Å²) in [5.74, 6) is -0.158. The number of aliphatic carboxylic acids is 1. The highest BCUT2D eigenvalue weighted by atomic mass is 35.5. The van der Waals surface area contributed by atoms with E-state index in [1.807, 2.05) is 36.4 Å². The molecule has 6 nitrogen and oxygen atoms in total. The summed E-state index contributed by atoms with van der Waals surface area (Å²) in [4.78, 5) is 24.8. The molecule has 0 aromatic heterocycles. The Labute approximate surface area is 221 Å². The summed E-state index contributed by atoms with van der Waals surface area (Å²) in [5.41, 5.74) is 5.07. The number of hydrogen-bond donors (Lipinski definition) is 2. The molecule has 3 aromatic carbocycles. The van der Waals surface area contributed by atoms with Crippen molar-refractivity contribution in [3.05, 3.63) is 88.4 Å². The van der Waals surface area contributed by atoms with Gasteiger partial charge in [-0.25, -0.2) is 9.59 Å². The number of hydrogen-bond acceptors (Lipinski definition) is 4. The zero-order valence-corrected chi connectivity index (χ0v) is 21.2. The number of fused-ring (bicyclic) bond motifs is 3. The summed E-state index contributed by atoms with van der Waals surface area (Å²) < 4.78 is 11.6. The lowest BCUT2D eigenvalue weighted by molar-refractivity contribution is -0.139. The van der Waals surface area contributed by atoms with Gasteiger partial charge >= 0.3 is 12.1 Å². The minimum Gasteiger partial charge on any atom is -0.493 e. The van der Waals surface area contributed by atoms with E-state index in [1.165, 1.54) is 12.8 Å². The van der Waals surface area contributed by atoms with Crippen molar-refractivity contribution in [3.63, 3.8) is 0 Å². The van der Waals surface area contributed by atoms with Crippen molar-refractivity contribution >= 4 is 23.7 Å². The number of nitrogens with one attached hydrogen (secondary N) is 1. The number of alkyl carbamates (subject to hydrolysis) is 1. The number of carbonyl (C=O) groups excluding carboxylic acids is 1. The molecule has 1 fully saturated rings. The molecule has 3 aromatic rings. The van der Waals surface area contributed by atoms with Crippen LogP contribution in [-0.4, -0.2) is 36.4 Å². The first-order valence-corrected chi connectivity index (χ1v) is 13.1. The fourth-order valence-corrected chi connectivity index (χ4v) is 5.63. The van der Waals surface area contributed by atoms with Crippen LogP contribution in [0.15, 0.2) is 66.7 Å². The number of carboxylic acids is 1. The SMILES string of the molecule is O=C(N[C@@H](Cc1cc(Cl)ccc1OCC1CCCC1)C(=O)O)OCC1c2ccccc2-c2ccccc21. The second-order valence-electron chi connectivity index (χ2n) is 9.78. The molecular formula is C30H30ClNO5. The second-order valence-corrected chi connectivity index (χ2v) is 10.2. The first kappa shape index (κ1) is 25.2. The monoisotopic (exact) mass is 519 g/mol. The van der Waals surface area contributed by atoms with Crippen LogP contribution in [0.3, 0.4) is 0 Å². The third-order valence-electron chi connectivity index (χ3n) is 7.33. The molecule has 1 amide bonds. The van der Waals surface area contributed by atoms with Crippen molar-refractivity contribution in [1.82, 2.24) is 5.32 Å². The molecule has 1 saturated carbocycles. The third kappa shape index (κ3) is 5.75. The van der Waals surface area contributed by atoms with Gasteiger partial charge < -0.3 is 19.9 Å². The Hall–Kier alpha value is -3.51. The minimum atomic E-state index is -1.19. The lowest BCUT2D eigenvalue weighted by atomic mass is 9.98. The van der Waals surface area contributed by atoms with Crippen molar-refractivity contribution in [2.75, 3.05) is 13.2 Å². The first-order valence-electron chi connectivity index (χ1n) is 12.7. The Morgan fingerprint density at radius 1 is 0.946 bits per heavy atom. The van der Waals surface area contributed by atoms with E-state index in [2.05, 4.69) is 17.4 Å². The molecule has 1 atom stereocenters. The van der Waals surface area contributed by atoms with E-state index in [0.717, 1.165) is 35.1 Å². The molecule has 0 bridgehead atoms. The summed E-state index contributed by atoms with van der Waals surface area (Å²) >= 11 is 6.20. The van der Waals surface area contributed by atoms with Crippen LogP contribution in [0.2, 0.25) is 5.02 Å². The Balaban J connectivity index is 1.24. The van der Waals surface area contributed by atoms with Crippen LogP contribution in [0, 0.1) is 5.92 Å². The molecule has 7 heteroatoms. The van der Waals surface area contributed by atoms with Gasteiger partial charge in [-0.15, -0.1) is 0 Å². The van der Waals surface area contributed by atoms with Gasteiger partial charge in [-0.05, 0) is 64.8 Å². The number of rotatable bonds is 9. The first-order chi connectivity index (χ1) is 18.0. The topological polar surface area (TPSA) is 84.9 Å². The standard InChI is InChI=1S/C30H30ClNO5/c31-21-13-14-28(36-17-19-7-1-2-8-19)20(15-21)16-27(29(33)34)32-30(35)37-18-26-24-11-5-3-9-22(24)23-10-4-6-12-25(23)26/h3-6,9-15,19,26-27H,1-2,7-8,16-18H2,(H,32,35)(H,33,34)/t27-/m0/s1. The van der Waals surface area contributed by atoms with Crippen molar-refractivity contribution in [2.24, 2.45) is 5.92 Å². The zero-order valence-electron chi connectivity index (χ0n) is 20.5. The lowest BCUT2D eigenvalue weighted by Crippen LogP contribution is -2.43. The van der Waals surface area contributed by atoms with Gasteiger partial charge in [0.2, 0.25) is 0 Å². The molecular weight excluding hydrogens is 490 g/mol. The summed E-state index contributed by atoms with van der Waals surface area (Å²) in [6, 6.07) is 20.1. The fourth-order valence-electron chi connectivity index (χ4n) is 5.44. The summed E-state index contributed by atoms with van der Waals surface area (Å²) in [7, 11) is 0. The minimum absolute atomic E-state index is 0.0279. The van der Waals surface area contributed by atoms with Gasteiger partial charge in [0.05, 0.1) is 6.61 Å². The van der Waals surface area contributed by atoms with Gasteiger partial charge in [-0.2, -0.15) is 0 Å². The van der Waals surface area contributed by atoms with Gasteiger partial charge in [0, 0.05) is 17.4 Å². The van der Waals surface area contributed by atoms with E-state index in [4.69, 9.17) is 21.1 Å². The van der Waals surface area contributed by atoms with Gasteiger partial charge in [0.1, 0.15) is 18.4 Å². The predicted molar refractivity (Wildman–Crippen MR) is 142 cm³/mol.